The molecule has 10 aromatic rings. The van der Waals surface area contributed by atoms with Crippen LogP contribution in [0.4, 0.5) is 34.1 Å². The molecule has 1 aliphatic carbocycles. The van der Waals surface area contributed by atoms with Crippen LogP contribution in [-0.4, -0.2) is 0 Å². The minimum atomic E-state index is -0.539. The molecule has 59 heavy (non-hydrogen) atoms. The molecule has 0 N–H and O–H groups in total. The van der Waals surface area contributed by atoms with E-state index in [4.69, 9.17) is 4.42 Å². The Morgan fingerprint density at radius 3 is 1.68 bits per heavy atom. The Labute approximate surface area is 347 Å². The van der Waals surface area contributed by atoms with Crippen LogP contribution < -0.4 is 9.80 Å². The number of nitrogens with zero attached hydrogens (tertiary/aromatic N) is 2. The maximum absolute atomic E-state index is 6.27. The van der Waals surface area contributed by atoms with Gasteiger partial charge in [0.15, 0.2) is 0 Å². The van der Waals surface area contributed by atoms with Gasteiger partial charge in [0.25, 0.3) is 0 Å². The number of rotatable bonds is 6. The first-order chi connectivity index (χ1) is 29.3. The quantitative estimate of drug-likeness (QED) is 0.168. The normalized spacial score (nSPS) is 14.8. The largest absolute Gasteiger partial charge is 0.456 e. The Hall–Kier alpha value is -7.27. The monoisotopic (exact) mass is 772 g/mol. The molecule has 9 aromatic carbocycles. The average molecular weight is 773 g/mol. The van der Waals surface area contributed by atoms with E-state index in [0.29, 0.717) is 0 Å². The van der Waals surface area contributed by atoms with Crippen molar-refractivity contribution in [2.45, 2.75) is 15.2 Å². The maximum Gasteiger partial charge on any atom is 0.135 e. The standard InChI is InChI=1S/C55H36N2OS/c1-4-17-37(18-5-1)56(40-32-34-51-44(35-40)42-23-11-14-29-50(42)58-51)41-31-33-47-53(36-41)59-52-30-15-13-26-46(52)55(47)45-25-12-10-24-43(45)54-48(55)27-16-28-49(54)57(38-19-6-2-7-20-38)39-21-8-3-9-22-39/h1-36H. The number of anilines is 6. The van der Waals surface area contributed by atoms with E-state index in [0.717, 1.165) is 56.1 Å². The fraction of sp³-hybridized carbons (Fsp3) is 0.0182. The Bertz CT molecular complexity index is 3170. The average Bonchev–Trinajstić information content (AvgIpc) is 3.82. The smallest absolute Gasteiger partial charge is 0.135 e. The summed E-state index contributed by atoms with van der Waals surface area (Å²) in [6, 6.07) is 79.2. The summed E-state index contributed by atoms with van der Waals surface area (Å²) < 4.78 is 6.27. The van der Waals surface area contributed by atoms with Gasteiger partial charge in [-0.2, -0.15) is 0 Å². The van der Waals surface area contributed by atoms with Gasteiger partial charge in [-0.05, 0) is 113 Å². The maximum atomic E-state index is 6.27. The molecule has 0 fully saturated rings. The molecule has 278 valence electrons. The van der Waals surface area contributed by atoms with E-state index in [2.05, 4.69) is 216 Å². The Kier molecular flexibility index (Phi) is 7.69. The molecule has 1 spiro atoms. The zero-order valence-corrected chi connectivity index (χ0v) is 32.8. The molecular formula is C55H36N2OS. The molecule has 0 radical (unpaired) electrons. The zero-order valence-electron chi connectivity index (χ0n) is 32.0. The van der Waals surface area contributed by atoms with Gasteiger partial charge < -0.3 is 14.2 Å². The van der Waals surface area contributed by atoms with E-state index in [-0.39, 0.29) is 0 Å². The minimum absolute atomic E-state index is 0.539. The van der Waals surface area contributed by atoms with Crippen LogP contribution in [-0.2, 0) is 5.41 Å². The van der Waals surface area contributed by atoms with Gasteiger partial charge in [-0.15, -0.1) is 0 Å². The van der Waals surface area contributed by atoms with Gasteiger partial charge in [-0.25, -0.2) is 0 Å². The van der Waals surface area contributed by atoms with Crippen molar-refractivity contribution in [3.8, 4) is 11.1 Å². The van der Waals surface area contributed by atoms with Crippen LogP contribution in [0.3, 0.4) is 0 Å². The minimum Gasteiger partial charge on any atom is -0.456 e. The van der Waals surface area contributed by atoms with Gasteiger partial charge in [-0.3, -0.25) is 0 Å². The molecule has 4 heteroatoms. The van der Waals surface area contributed by atoms with Crippen LogP contribution in [0.15, 0.2) is 233 Å². The molecule has 0 saturated carbocycles. The van der Waals surface area contributed by atoms with Crippen molar-refractivity contribution < 1.29 is 4.42 Å². The molecule has 1 aliphatic heterocycles. The lowest BCUT2D eigenvalue weighted by atomic mass is 9.67. The summed E-state index contributed by atoms with van der Waals surface area (Å²) in [5.41, 5.74) is 15.7. The molecule has 1 aromatic heterocycles. The van der Waals surface area contributed by atoms with E-state index in [9.17, 15) is 0 Å². The van der Waals surface area contributed by atoms with Gasteiger partial charge in [0, 0.05) is 54.6 Å². The lowest BCUT2D eigenvalue weighted by Crippen LogP contribution is -2.32. The van der Waals surface area contributed by atoms with Crippen LogP contribution in [0.25, 0.3) is 33.1 Å². The first kappa shape index (κ1) is 33.8. The van der Waals surface area contributed by atoms with Crippen molar-refractivity contribution in [2.75, 3.05) is 9.80 Å². The van der Waals surface area contributed by atoms with Gasteiger partial charge >= 0.3 is 0 Å². The van der Waals surface area contributed by atoms with E-state index < -0.39 is 5.41 Å². The summed E-state index contributed by atoms with van der Waals surface area (Å²) in [6.07, 6.45) is 0. The molecule has 3 nitrogen and oxygen atoms in total. The van der Waals surface area contributed by atoms with Crippen LogP contribution in [0.2, 0.25) is 0 Å². The van der Waals surface area contributed by atoms with Crippen LogP contribution >= 0.6 is 11.8 Å². The van der Waals surface area contributed by atoms with E-state index in [1.807, 2.05) is 23.9 Å². The van der Waals surface area contributed by atoms with Crippen molar-refractivity contribution in [3.05, 3.63) is 241 Å². The second-order valence-corrected chi connectivity index (χ2v) is 16.3. The highest BCUT2D eigenvalue weighted by Crippen LogP contribution is 2.64. The molecule has 2 heterocycles. The van der Waals surface area contributed by atoms with Gasteiger partial charge in [0.05, 0.1) is 11.1 Å². The van der Waals surface area contributed by atoms with Crippen molar-refractivity contribution in [1.29, 1.82) is 0 Å². The van der Waals surface area contributed by atoms with Gasteiger partial charge in [0.2, 0.25) is 0 Å². The second-order valence-electron chi connectivity index (χ2n) is 15.2. The molecule has 0 bridgehead atoms. The van der Waals surface area contributed by atoms with Gasteiger partial charge in [0.1, 0.15) is 11.2 Å². The molecule has 0 amide bonds. The van der Waals surface area contributed by atoms with Crippen LogP contribution in [0, 0.1) is 0 Å². The Balaban J connectivity index is 1.10. The van der Waals surface area contributed by atoms with Crippen molar-refractivity contribution in [3.63, 3.8) is 0 Å². The van der Waals surface area contributed by atoms with Crippen molar-refractivity contribution in [1.82, 2.24) is 0 Å². The molecule has 0 saturated heterocycles. The zero-order chi connectivity index (χ0) is 38.9. The molecule has 12 rings (SSSR count). The van der Waals surface area contributed by atoms with Crippen LogP contribution in [0.5, 0.6) is 0 Å². The third-order valence-electron chi connectivity index (χ3n) is 12.1. The summed E-state index contributed by atoms with van der Waals surface area (Å²) in [4.78, 5) is 7.31. The predicted molar refractivity (Wildman–Crippen MR) is 245 cm³/mol. The highest BCUT2D eigenvalue weighted by molar-refractivity contribution is 7.99. The fourth-order valence-corrected chi connectivity index (χ4v) is 10.9. The van der Waals surface area contributed by atoms with Crippen LogP contribution in [0.1, 0.15) is 22.3 Å². The first-order valence-electron chi connectivity index (χ1n) is 20.1. The number of furan rings is 1. The third-order valence-corrected chi connectivity index (χ3v) is 13.2. The summed E-state index contributed by atoms with van der Waals surface area (Å²) in [5.74, 6) is 0. The summed E-state index contributed by atoms with van der Waals surface area (Å²) in [5, 5.41) is 2.22. The number of hydrogen-bond acceptors (Lipinski definition) is 4. The topological polar surface area (TPSA) is 19.6 Å². The fourth-order valence-electron chi connectivity index (χ4n) is 9.71. The number of fused-ring (bicyclic) bond motifs is 12. The molecular weight excluding hydrogens is 737 g/mol. The highest BCUT2D eigenvalue weighted by Gasteiger charge is 2.51. The first-order valence-corrected chi connectivity index (χ1v) is 20.9. The van der Waals surface area contributed by atoms with Gasteiger partial charge in [-0.1, -0.05) is 145 Å². The number of para-hydroxylation sites is 4. The van der Waals surface area contributed by atoms with Crippen molar-refractivity contribution >= 4 is 67.8 Å². The lowest BCUT2D eigenvalue weighted by molar-refractivity contribution is 0.669. The number of benzene rings is 9. The molecule has 2 aliphatic rings. The SMILES string of the molecule is c1ccc(N(c2ccc3c(c2)Sc2ccccc2C32c3ccccc3-c3c(N(c4ccccc4)c4ccccc4)cccc32)c2ccc3oc4ccccc4c3c2)cc1. The summed E-state index contributed by atoms with van der Waals surface area (Å²) in [6.45, 7) is 0. The van der Waals surface area contributed by atoms with E-state index in [1.165, 1.54) is 43.2 Å². The third kappa shape index (κ3) is 5.10. The number of hydrogen-bond donors (Lipinski definition) is 0. The van der Waals surface area contributed by atoms with E-state index in [1.54, 1.807) is 0 Å². The lowest BCUT2D eigenvalue weighted by Gasteiger charge is -2.40. The predicted octanol–water partition coefficient (Wildman–Crippen LogP) is 15.4. The molecule has 1 atom stereocenters. The summed E-state index contributed by atoms with van der Waals surface area (Å²) in [7, 11) is 0. The second kappa shape index (κ2) is 13.4. The molecule has 1 unspecified atom stereocenters. The van der Waals surface area contributed by atoms with E-state index >= 15 is 0 Å². The highest BCUT2D eigenvalue weighted by atomic mass is 32.2. The Morgan fingerprint density at radius 1 is 0.356 bits per heavy atom. The van der Waals surface area contributed by atoms with Crippen molar-refractivity contribution in [2.24, 2.45) is 0 Å². The Morgan fingerprint density at radius 2 is 0.915 bits per heavy atom. The summed E-state index contributed by atoms with van der Waals surface area (Å²) >= 11 is 1.87.